The molecule has 0 aliphatic carbocycles. The monoisotopic (exact) mass is 258 g/mol. The van der Waals surface area contributed by atoms with Crippen molar-refractivity contribution in [3.63, 3.8) is 0 Å². The third-order valence-electron chi connectivity index (χ3n) is 1.90. The second-order valence-corrected chi connectivity index (χ2v) is 3.90. The molecule has 0 amide bonds. The van der Waals surface area contributed by atoms with Crippen LogP contribution < -0.4 is 0 Å². The topological polar surface area (TPSA) is 48.2 Å². The Labute approximate surface area is 102 Å². The number of methoxy groups -OCH3 is 1. The highest BCUT2D eigenvalue weighted by molar-refractivity contribution is 6.36. The Balaban J connectivity index is 2.35. The van der Waals surface area contributed by atoms with Crippen molar-refractivity contribution in [1.29, 1.82) is 0 Å². The van der Waals surface area contributed by atoms with Gasteiger partial charge in [0.15, 0.2) is 0 Å². The number of aromatic nitrogens is 2. The Morgan fingerprint density at radius 3 is 2.81 bits per heavy atom. The quantitative estimate of drug-likeness (QED) is 0.849. The summed E-state index contributed by atoms with van der Waals surface area (Å²) < 4.78 is 10.2. The van der Waals surface area contributed by atoms with Gasteiger partial charge in [0, 0.05) is 12.1 Å². The molecular formula is C10H8Cl2N2O2. The number of hydrogen-bond acceptors (Lipinski definition) is 4. The fourth-order valence-corrected chi connectivity index (χ4v) is 1.70. The number of halogens is 2. The van der Waals surface area contributed by atoms with E-state index in [1.165, 1.54) is 0 Å². The van der Waals surface area contributed by atoms with Crippen LogP contribution in [0, 0.1) is 0 Å². The maximum Gasteiger partial charge on any atom is 0.249 e. The lowest BCUT2D eigenvalue weighted by Crippen LogP contribution is -1.85. The molecule has 0 unspecified atom stereocenters. The lowest BCUT2D eigenvalue weighted by atomic mass is 10.2. The lowest BCUT2D eigenvalue weighted by Gasteiger charge is -1.98. The van der Waals surface area contributed by atoms with Gasteiger partial charge in [-0.2, -0.15) is 0 Å². The SMILES string of the molecule is COCc1nnc(-c2ccc(Cl)cc2Cl)o1. The molecule has 0 N–H and O–H groups in total. The van der Waals surface area contributed by atoms with Gasteiger partial charge in [-0.05, 0) is 18.2 Å². The van der Waals surface area contributed by atoms with Crippen molar-refractivity contribution in [3.05, 3.63) is 34.1 Å². The molecule has 0 aliphatic rings. The summed E-state index contributed by atoms with van der Waals surface area (Å²) in [6, 6.07) is 5.07. The van der Waals surface area contributed by atoms with Gasteiger partial charge in [0.25, 0.3) is 0 Å². The minimum absolute atomic E-state index is 0.276. The Morgan fingerprint density at radius 1 is 1.31 bits per heavy atom. The van der Waals surface area contributed by atoms with E-state index < -0.39 is 0 Å². The second kappa shape index (κ2) is 4.82. The molecule has 0 radical (unpaired) electrons. The molecule has 0 saturated carbocycles. The van der Waals surface area contributed by atoms with Crippen LogP contribution in [0.2, 0.25) is 10.0 Å². The fourth-order valence-electron chi connectivity index (χ4n) is 1.21. The summed E-state index contributed by atoms with van der Waals surface area (Å²) >= 11 is 11.8. The Hall–Kier alpha value is -1.10. The van der Waals surface area contributed by atoms with Gasteiger partial charge >= 0.3 is 0 Å². The van der Waals surface area contributed by atoms with E-state index in [0.29, 0.717) is 27.4 Å². The van der Waals surface area contributed by atoms with Crippen molar-refractivity contribution < 1.29 is 9.15 Å². The molecule has 2 aromatic rings. The van der Waals surface area contributed by atoms with Gasteiger partial charge in [0.2, 0.25) is 11.8 Å². The van der Waals surface area contributed by atoms with Gasteiger partial charge in [-0.15, -0.1) is 10.2 Å². The fraction of sp³-hybridized carbons (Fsp3) is 0.200. The van der Waals surface area contributed by atoms with Gasteiger partial charge < -0.3 is 9.15 Å². The van der Waals surface area contributed by atoms with Gasteiger partial charge in [0.05, 0.1) is 10.6 Å². The van der Waals surface area contributed by atoms with Crippen molar-refractivity contribution in [3.8, 4) is 11.5 Å². The summed E-state index contributed by atoms with van der Waals surface area (Å²) in [5.41, 5.74) is 0.654. The molecule has 2 rings (SSSR count). The van der Waals surface area contributed by atoms with Crippen LogP contribution in [0.5, 0.6) is 0 Å². The standard InChI is InChI=1S/C10H8Cl2N2O2/c1-15-5-9-13-14-10(16-9)7-3-2-6(11)4-8(7)12/h2-4H,5H2,1H3. The molecule has 0 aliphatic heterocycles. The lowest BCUT2D eigenvalue weighted by molar-refractivity contribution is 0.160. The third kappa shape index (κ3) is 2.35. The third-order valence-corrected chi connectivity index (χ3v) is 2.44. The predicted molar refractivity (Wildman–Crippen MR) is 60.5 cm³/mol. The summed E-state index contributed by atoms with van der Waals surface area (Å²) in [6.45, 7) is 0.276. The van der Waals surface area contributed by atoms with Crippen LogP contribution in [-0.4, -0.2) is 17.3 Å². The maximum atomic E-state index is 6.01. The number of ether oxygens (including phenoxy) is 1. The van der Waals surface area contributed by atoms with Crippen LogP contribution in [-0.2, 0) is 11.3 Å². The average molecular weight is 259 g/mol. The number of rotatable bonds is 3. The molecule has 16 heavy (non-hydrogen) atoms. The van der Waals surface area contributed by atoms with E-state index >= 15 is 0 Å². The van der Waals surface area contributed by atoms with Crippen molar-refractivity contribution in [1.82, 2.24) is 10.2 Å². The molecule has 84 valence electrons. The summed E-state index contributed by atoms with van der Waals surface area (Å²) in [5.74, 6) is 0.761. The van der Waals surface area contributed by atoms with Crippen LogP contribution >= 0.6 is 23.2 Å². The summed E-state index contributed by atoms with van der Waals surface area (Å²) in [4.78, 5) is 0. The molecule has 4 nitrogen and oxygen atoms in total. The van der Waals surface area contributed by atoms with Crippen LogP contribution in [0.25, 0.3) is 11.5 Å². The van der Waals surface area contributed by atoms with Crippen LogP contribution in [0.4, 0.5) is 0 Å². The second-order valence-electron chi connectivity index (χ2n) is 3.06. The van der Waals surface area contributed by atoms with E-state index in [9.17, 15) is 0 Å². The molecule has 0 saturated heterocycles. The smallest absolute Gasteiger partial charge is 0.249 e. The zero-order valence-electron chi connectivity index (χ0n) is 8.41. The molecule has 0 bridgehead atoms. The highest BCUT2D eigenvalue weighted by Crippen LogP contribution is 2.29. The van der Waals surface area contributed by atoms with Crippen LogP contribution in [0.3, 0.4) is 0 Å². The van der Waals surface area contributed by atoms with E-state index in [-0.39, 0.29) is 6.61 Å². The van der Waals surface area contributed by atoms with Gasteiger partial charge in [-0.1, -0.05) is 23.2 Å². The van der Waals surface area contributed by atoms with Crippen LogP contribution in [0.15, 0.2) is 22.6 Å². The molecule has 0 fully saturated rings. The first-order valence-corrected chi connectivity index (χ1v) is 5.23. The zero-order chi connectivity index (χ0) is 11.5. The van der Waals surface area contributed by atoms with Gasteiger partial charge in [0.1, 0.15) is 6.61 Å². The van der Waals surface area contributed by atoms with E-state index in [4.69, 9.17) is 32.4 Å². The molecular weight excluding hydrogens is 251 g/mol. The van der Waals surface area contributed by atoms with Crippen molar-refractivity contribution >= 4 is 23.2 Å². The Bertz CT molecular complexity index is 499. The van der Waals surface area contributed by atoms with Gasteiger partial charge in [-0.3, -0.25) is 0 Å². The molecule has 1 heterocycles. The minimum atomic E-state index is 0.276. The number of nitrogens with zero attached hydrogens (tertiary/aromatic N) is 2. The first-order valence-electron chi connectivity index (χ1n) is 4.47. The van der Waals surface area contributed by atoms with E-state index in [0.717, 1.165) is 0 Å². The van der Waals surface area contributed by atoms with Crippen LogP contribution in [0.1, 0.15) is 5.89 Å². The van der Waals surface area contributed by atoms with E-state index in [1.807, 2.05) is 0 Å². The predicted octanol–water partition coefficient (Wildman–Crippen LogP) is 3.19. The summed E-state index contributed by atoms with van der Waals surface area (Å²) in [6.07, 6.45) is 0. The summed E-state index contributed by atoms with van der Waals surface area (Å²) in [5, 5.41) is 8.72. The Morgan fingerprint density at radius 2 is 2.12 bits per heavy atom. The Kier molecular flexibility index (Phi) is 3.43. The van der Waals surface area contributed by atoms with Crippen molar-refractivity contribution in [2.24, 2.45) is 0 Å². The number of hydrogen-bond donors (Lipinski definition) is 0. The summed E-state index contributed by atoms with van der Waals surface area (Å²) in [7, 11) is 1.55. The largest absolute Gasteiger partial charge is 0.418 e. The van der Waals surface area contributed by atoms with E-state index in [2.05, 4.69) is 10.2 Å². The maximum absolute atomic E-state index is 6.01. The zero-order valence-corrected chi connectivity index (χ0v) is 9.92. The highest BCUT2D eigenvalue weighted by Gasteiger charge is 2.11. The van der Waals surface area contributed by atoms with Crippen molar-refractivity contribution in [2.45, 2.75) is 6.61 Å². The average Bonchev–Trinajstić information content (AvgIpc) is 2.67. The molecule has 0 spiro atoms. The normalized spacial score (nSPS) is 10.7. The number of benzene rings is 1. The first kappa shape index (κ1) is 11.4. The minimum Gasteiger partial charge on any atom is -0.418 e. The van der Waals surface area contributed by atoms with E-state index in [1.54, 1.807) is 25.3 Å². The van der Waals surface area contributed by atoms with Gasteiger partial charge in [-0.25, -0.2) is 0 Å². The molecule has 6 heteroatoms. The first-order chi connectivity index (χ1) is 7.70. The molecule has 1 aromatic heterocycles. The highest BCUT2D eigenvalue weighted by atomic mass is 35.5. The molecule has 0 atom stereocenters. The molecule has 1 aromatic carbocycles. The van der Waals surface area contributed by atoms with Crippen molar-refractivity contribution in [2.75, 3.05) is 7.11 Å².